The average molecular weight is 369 g/mol. The van der Waals surface area contributed by atoms with E-state index in [0.717, 1.165) is 38.7 Å². The van der Waals surface area contributed by atoms with E-state index in [2.05, 4.69) is 10.2 Å². The molecule has 1 aromatic rings. The number of hydrogen-bond donors (Lipinski definition) is 2. The van der Waals surface area contributed by atoms with Gasteiger partial charge in [0.25, 0.3) is 5.91 Å². The summed E-state index contributed by atoms with van der Waals surface area (Å²) in [6.45, 7) is 3.40. The summed E-state index contributed by atoms with van der Waals surface area (Å²) in [5.41, 5.74) is 1.01. The fraction of sp³-hybridized carbons (Fsp3) is 0.588. The second kappa shape index (κ2) is 8.64. The number of rotatable bonds is 7. The molecule has 2 rings (SSSR count). The molecule has 0 aliphatic carbocycles. The van der Waals surface area contributed by atoms with Gasteiger partial charge in [-0.2, -0.15) is 0 Å². The molecule has 0 unspecified atom stereocenters. The largest absolute Gasteiger partial charge is 0.396 e. The van der Waals surface area contributed by atoms with E-state index >= 15 is 0 Å². The first kappa shape index (κ1) is 19.7. The molecule has 0 radical (unpaired) electrons. The number of amides is 1. The number of carbonyl (C=O) groups excluding carboxylic acids is 1. The van der Waals surface area contributed by atoms with Gasteiger partial charge in [0.15, 0.2) is 0 Å². The minimum absolute atomic E-state index is 0.177. The lowest BCUT2D eigenvalue weighted by atomic mass is 9.99. The molecule has 0 spiro atoms. The zero-order valence-corrected chi connectivity index (χ0v) is 15.6. The van der Waals surface area contributed by atoms with Crippen molar-refractivity contribution in [2.45, 2.75) is 12.8 Å². The Morgan fingerprint density at radius 2 is 2.04 bits per heavy atom. The molecule has 2 N–H and O–H groups in total. The summed E-state index contributed by atoms with van der Waals surface area (Å²) < 4.78 is 24.2. The highest BCUT2D eigenvalue weighted by atomic mass is 32.2. The molecule has 1 atom stereocenters. The van der Waals surface area contributed by atoms with Gasteiger partial charge in [-0.3, -0.25) is 9.10 Å². The van der Waals surface area contributed by atoms with Crippen LogP contribution in [0.3, 0.4) is 0 Å². The van der Waals surface area contributed by atoms with E-state index in [1.54, 1.807) is 24.3 Å². The molecule has 1 aliphatic heterocycles. The normalized spacial score (nSPS) is 18.8. The van der Waals surface area contributed by atoms with Crippen molar-refractivity contribution in [3.05, 3.63) is 29.8 Å². The Kier molecular flexibility index (Phi) is 6.80. The highest BCUT2D eigenvalue weighted by molar-refractivity contribution is 7.92. The smallest absolute Gasteiger partial charge is 0.251 e. The van der Waals surface area contributed by atoms with Gasteiger partial charge in [-0.05, 0) is 49.6 Å². The Morgan fingerprint density at radius 1 is 1.36 bits per heavy atom. The molecule has 1 fully saturated rings. The lowest BCUT2D eigenvalue weighted by Gasteiger charge is -2.31. The quantitative estimate of drug-likeness (QED) is 0.731. The molecular weight excluding hydrogens is 342 g/mol. The summed E-state index contributed by atoms with van der Waals surface area (Å²) in [4.78, 5) is 14.4. The van der Waals surface area contributed by atoms with Crippen LogP contribution in [0.5, 0.6) is 0 Å². The third-order valence-electron chi connectivity index (χ3n) is 4.57. The lowest BCUT2D eigenvalue weighted by Crippen LogP contribution is -2.41. The van der Waals surface area contributed by atoms with Crippen LogP contribution in [0.2, 0.25) is 0 Å². The number of nitrogens with one attached hydrogen (secondary N) is 1. The number of piperidine rings is 1. The second-order valence-electron chi connectivity index (χ2n) is 6.52. The topological polar surface area (TPSA) is 89.9 Å². The van der Waals surface area contributed by atoms with Crippen LogP contribution < -0.4 is 9.62 Å². The Labute approximate surface area is 149 Å². The van der Waals surface area contributed by atoms with Gasteiger partial charge < -0.3 is 15.3 Å². The number of hydrogen-bond acceptors (Lipinski definition) is 5. The zero-order chi connectivity index (χ0) is 18.4. The van der Waals surface area contributed by atoms with Crippen molar-refractivity contribution in [2.24, 2.45) is 5.92 Å². The van der Waals surface area contributed by atoms with Crippen molar-refractivity contribution in [1.82, 2.24) is 10.2 Å². The van der Waals surface area contributed by atoms with Crippen molar-refractivity contribution in [2.75, 3.05) is 50.4 Å². The van der Waals surface area contributed by atoms with Crippen LogP contribution in [-0.4, -0.2) is 70.4 Å². The molecule has 0 bridgehead atoms. The van der Waals surface area contributed by atoms with Crippen LogP contribution in [0.1, 0.15) is 23.2 Å². The molecule has 1 heterocycles. The van der Waals surface area contributed by atoms with Gasteiger partial charge >= 0.3 is 0 Å². The fourth-order valence-corrected chi connectivity index (χ4v) is 3.45. The van der Waals surface area contributed by atoms with E-state index < -0.39 is 10.0 Å². The summed E-state index contributed by atoms with van der Waals surface area (Å²) >= 11 is 0. The van der Waals surface area contributed by atoms with Crippen molar-refractivity contribution in [3.8, 4) is 0 Å². The first-order valence-corrected chi connectivity index (χ1v) is 10.3. The van der Waals surface area contributed by atoms with Crippen LogP contribution in [0.4, 0.5) is 5.69 Å². The Bertz CT molecular complexity index is 676. The lowest BCUT2D eigenvalue weighted by molar-refractivity contribution is 0.0930. The van der Waals surface area contributed by atoms with Gasteiger partial charge in [0, 0.05) is 38.9 Å². The number of likely N-dealkylation sites (tertiary alicyclic amines) is 1. The molecule has 1 aromatic carbocycles. The van der Waals surface area contributed by atoms with Crippen molar-refractivity contribution >= 4 is 21.6 Å². The van der Waals surface area contributed by atoms with E-state index in [1.165, 1.54) is 11.4 Å². The van der Waals surface area contributed by atoms with Gasteiger partial charge in [0.2, 0.25) is 10.0 Å². The molecule has 1 amide bonds. The number of carbonyl (C=O) groups is 1. The molecule has 0 saturated carbocycles. The van der Waals surface area contributed by atoms with Gasteiger partial charge in [-0.15, -0.1) is 0 Å². The number of benzene rings is 1. The molecule has 1 saturated heterocycles. The van der Waals surface area contributed by atoms with Crippen LogP contribution in [0.25, 0.3) is 0 Å². The van der Waals surface area contributed by atoms with Crippen molar-refractivity contribution in [3.63, 3.8) is 0 Å². The van der Waals surface area contributed by atoms with Crippen LogP contribution in [-0.2, 0) is 10.0 Å². The van der Waals surface area contributed by atoms with Crippen molar-refractivity contribution < 1.29 is 18.3 Å². The molecular formula is C17H27N3O4S. The SMILES string of the molecule is CN(c1ccc(C(=O)NCCN2CCC[C@@H](CO)C2)cc1)S(C)(=O)=O. The number of anilines is 1. The summed E-state index contributed by atoms with van der Waals surface area (Å²) in [5.74, 6) is 0.160. The number of nitrogens with zero attached hydrogens (tertiary/aromatic N) is 2. The summed E-state index contributed by atoms with van der Waals surface area (Å²) in [6.07, 6.45) is 3.28. The predicted molar refractivity (Wildman–Crippen MR) is 98.3 cm³/mol. The standard InChI is InChI=1S/C17H27N3O4S/c1-19(25(2,23)24)16-7-5-15(6-8-16)17(22)18-9-11-20-10-3-4-14(12-20)13-21/h5-8,14,21H,3-4,9-13H2,1-2H3,(H,18,22)/t14-/m1/s1. The monoisotopic (exact) mass is 369 g/mol. The second-order valence-corrected chi connectivity index (χ2v) is 8.54. The fourth-order valence-electron chi connectivity index (χ4n) is 2.95. The van der Waals surface area contributed by atoms with Crippen LogP contribution in [0.15, 0.2) is 24.3 Å². The van der Waals surface area contributed by atoms with Crippen LogP contribution in [0, 0.1) is 5.92 Å². The van der Waals surface area contributed by atoms with E-state index in [4.69, 9.17) is 0 Å². The summed E-state index contributed by atoms with van der Waals surface area (Å²) in [6, 6.07) is 6.48. The third kappa shape index (κ3) is 5.69. The molecule has 140 valence electrons. The summed E-state index contributed by atoms with van der Waals surface area (Å²) in [7, 11) is -1.84. The highest BCUT2D eigenvalue weighted by Gasteiger charge is 2.19. The van der Waals surface area contributed by atoms with E-state index in [0.29, 0.717) is 23.7 Å². The van der Waals surface area contributed by atoms with Gasteiger partial charge in [-0.25, -0.2) is 8.42 Å². The molecule has 8 heteroatoms. The zero-order valence-electron chi connectivity index (χ0n) is 14.8. The maximum atomic E-state index is 12.2. The summed E-state index contributed by atoms with van der Waals surface area (Å²) in [5, 5.41) is 12.1. The number of aliphatic hydroxyl groups is 1. The maximum Gasteiger partial charge on any atom is 0.251 e. The van der Waals surface area contributed by atoms with E-state index in [9.17, 15) is 18.3 Å². The van der Waals surface area contributed by atoms with Gasteiger partial charge in [-0.1, -0.05) is 0 Å². The molecule has 0 aromatic heterocycles. The van der Waals surface area contributed by atoms with Gasteiger partial charge in [0.05, 0.1) is 11.9 Å². The first-order valence-electron chi connectivity index (χ1n) is 8.46. The minimum atomic E-state index is -3.31. The average Bonchev–Trinajstić information content (AvgIpc) is 2.60. The third-order valence-corrected chi connectivity index (χ3v) is 5.77. The molecule has 25 heavy (non-hydrogen) atoms. The molecule has 7 nitrogen and oxygen atoms in total. The molecule has 1 aliphatic rings. The Balaban J connectivity index is 1.83. The number of aliphatic hydroxyl groups excluding tert-OH is 1. The maximum absolute atomic E-state index is 12.2. The first-order chi connectivity index (χ1) is 11.8. The van der Waals surface area contributed by atoms with E-state index in [-0.39, 0.29) is 12.5 Å². The van der Waals surface area contributed by atoms with Crippen LogP contribution >= 0.6 is 0 Å². The Hall–Kier alpha value is -1.64. The predicted octanol–water partition coefficient (Wildman–Crippen LogP) is 0.516. The highest BCUT2D eigenvalue weighted by Crippen LogP contribution is 2.17. The number of sulfonamides is 1. The van der Waals surface area contributed by atoms with E-state index in [1.807, 2.05) is 0 Å². The van der Waals surface area contributed by atoms with Gasteiger partial charge in [0.1, 0.15) is 0 Å². The minimum Gasteiger partial charge on any atom is -0.396 e. The Morgan fingerprint density at radius 3 is 2.64 bits per heavy atom. The van der Waals surface area contributed by atoms with Crippen molar-refractivity contribution in [1.29, 1.82) is 0 Å².